The number of nitrogens with zero attached hydrogens (tertiary/aromatic N) is 3. The summed E-state index contributed by atoms with van der Waals surface area (Å²) in [5.41, 5.74) is 2.12. The van der Waals surface area contributed by atoms with Crippen LogP contribution in [-0.2, 0) is 23.6 Å². The van der Waals surface area contributed by atoms with E-state index in [1.807, 2.05) is 0 Å². The number of carbonyl (C=O) groups is 1. The van der Waals surface area contributed by atoms with Crippen molar-refractivity contribution in [3.8, 4) is 0 Å². The van der Waals surface area contributed by atoms with Crippen molar-refractivity contribution in [1.82, 2.24) is 15.3 Å². The van der Waals surface area contributed by atoms with Gasteiger partial charge in [-0.25, -0.2) is 13.4 Å². The Morgan fingerprint density at radius 3 is 2.44 bits per heavy atom. The van der Waals surface area contributed by atoms with E-state index in [9.17, 15) is 26.4 Å². The van der Waals surface area contributed by atoms with Crippen LogP contribution in [0.4, 0.5) is 36.3 Å². The quantitative estimate of drug-likeness (QED) is 0.333. The fraction of sp³-hybridized carbons (Fsp3) is 0.261. The Balaban J connectivity index is 1.92. The van der Waals surface area contributed by atoms with Gasteiger partial charge in [0.05, 0.1) is 5.69 Å². The molecule has 1 aromatic heterocycles. The van der Waals surface area contributed by atoms with E-state index in [4.69, 9.17) is 0 Å². The minimum absolute atomic E-state index is 0.0924. The maximum atomic E-state index is 13.7. The molecule has 0 aliphatic rings. The molecule has 3 N–H and O–H groups in total. The van der Waals surface area contributed by atoms with Gasteiger partial charge >= 0.3 is 6.18 Å². The predicted octanol–water partition coefficient (Wildman–Crippen LogP) is 3.79. The minimum atomic E-state index is -4.73. The summed E-state index contributed by atoms with van der Waals surface area (Å²) in [4.78, 5) is 19.6. The van der Waals surface area contributed by atoms with Gasteiger partial charge in [0.15, 0.2) is 0 Å². The molecular weight excluding hydrogens is 497 g/mol. The highest BCUT2D eigenvalue weighted by atomic mass is 32.2. The summed E-state index contributed by atoms with van der Waals surface area (Å²) in [6, 6.07) is 9.79. The SMILES string of the molecule is CNC(=O)c1ccc(Nc2ncc(C(F)(F)F)c(NCc3ccc(C)cc3N(C)[SH](=O)=O)n2)c(C)c1. The first-order valence-electron chi connectivity index (χ1n) is 10.7. The molecule has 3 aromatic rings. The van der Waals surface area contributed by atoms with Gasteiger partial charge in [-0.2, -0.15) is 18.2 Å². The summed E-state index contributed by atoms with van der Waals surface area (Å²) in [6.07, 6.45) is -4.06. The largest absolute Gasteiger partial charge is 0.421 e. The number of amides is 1. The Morgan fingerprint density at radius 1 is 1.11 bits per heavy atom. The first kappa shape index (κ1) is 26.7. The lowest BCUT2D eigenvalue weighted by Crippen LogP contribution is -2.19. The first-order valence-corrected chi connectivity index (χ1v) is 11.8. The number of hydrogen-bond donors (Lipinski definition) is 4. The van der Waals surface area contributed by atoms with Crippen molar-refractivity contribution in [3.05, 3.63) is 70.4 Å². The van der Waals surface area contributed by atoms with E-state index in [-0.39, 0.29) is 18.4 Å². The number of alkyl halides is 3. The monoisotopic (exact) mass is 522 g/mol. The molecule has 9 nitrogen and oxygen atoms in total. The third-order valence-corrected chi connectivity index (χ3v) is 6.04. The lowest BCUT2D eigenvalue weighted by Gasteiger charge is -2.19. The van der Waals surface area contributed by atoms with Gasteiger partial charge in [0, 0.05) is 38.1 Å². The third-order valence-electron chi connectivity index (χ3n) is 5.34. The summed E-state index contributed by atoms with van der Waals surface area (Å²) in [5, 5.41) is 8.07. The van der Waals surface area contributed by atoms with Crippen molar-refractivity contribution in [3.63, 3.8) is 0 Å². The van der Waals surface area contributed by atoms with Gasteiger partial charge in [-0.05, 0) is 54.8 Å². The molecule has 192 valence electrons. The highest BCUT2D eigenvalue weighted by Crippen LogP contribution is 2.35. The number of aromatic nitrogens is 2. The topological polar surface area (TPSA) is 116 Å². The summed E-state index contributed by atoms with van der Waals surface area (Å²) in [7, 11) is -0.0727. The fourth-order valence-electron chi connectivity index (χ4n) is 3.39. The number of hydrogen-bond acceptors (Lipinski definition) is 7. The number of halogens is 3. The molecule has 2 aromatic carbocycles. The number of thiol groups is 1. The van der Waals surface area contributed by atoms with E-state index < -0.39 is 28.4 Å². The molecule has 0 spiro atoms. The van der Waals surface area contributed by atoms with Crippen molar-refractivity contribution in [1.29, 1.82) is 0 Å². The molecule has 0 unspecified atom stereocenters. The molecule has 0 aliphatic heterocycles. The van der Waals surface area contributed by atoms with E-state index in [1.165, 1.54) is 14.1 Å². The zero-order chi connectivity index (χ0) is 26.6. The van der Waals surface area contributed by atoms with Crippen LogP contribution in [0.15, 0.2) is 42.6 Å². The van der Waals surface area contributed by atoms with Crippen LogP contribution in [0.1, 0.15) is 32.6 Å². The molecular formula is C23H25F3N6O3S. The zero-order valence-corrected chi connectivity index (χ0v) is 20.8. The van der Waals surface area contributed by atoms with E-state index in [0.717, 1.165) is 9.87 Å². The number of benzene rings is 2. The molecule has 0 fully saturated rings. The van der Waals surface area contributed by atoms with E-state index in [1.54, 1.807) is 50.2 Å². The lowest BCUT2D eigenvalue weighted by molar-refractivity contribution is -0.137. The van der Waals surface area contributed by atoms with Gasteiger partial charge in [0.2, 0.25) is 16.8 Å². The third kappa shape index (κ3) is 6.22. The maximum absolute atomic E-state index is 13.7. The Morgan fingerprint density at radius 2 is 1.83 bits per heavy atom. The van der Waals surface area contributed by atoms with Crippen LogP contribution in [0.2, 0.25) is 0 Å². The Bertz CT molecular complexity index is 1350. The highest BCUT2D eigenvalue weighted by molar-refractivity contribution is 7.74. The van der Waals surface area contributed by atoms with Crippen molar-refractivity contribution in [2.45, 2.75) is 26.6 Å². The number of anilines is 4. The average Bonchev–Trinajstić information content (AvgIpc) is 2.82. The molecule has 0 saturated carbocycles. The molecule has 0 bridgehead atoms. The Hall–Kier alpha value is -3.87. The molecule has 1 heterocycles. The Kier molecular flexibility index (Phi) is 8.03. The van der Waals surface area contributed by atoms with Gasteiger partial charge in [0.1, 0.15) is 11.4 Å². The maximum Gasteiger partial charge on any atom is 0.421 e. The van der Waals surface area contributed by atoms with Gasteiger partial charge in [-0.1, -0.05) is 12.1 Å². The smallest absolute Gasteiger partial charge is 0.365 e. The lowest BCUT2D eigenvalue weighted by atomic mass is 10.1. The van der Waals surface area contributed by atoms with E-state index in [0.29, 0.717) is 34.3 Å². The van der Waals surface area contributed by atoms with Crippen molar-refractivity contribution in [2.75, 3.05) is 29.0 Å². The van der Waals surface area contributed by atoms with Crippen LogP contribution >= 0.6 is 0 Å². The first-order chi connectivity index (χ1) is 16.9. The molecule has 3 rings (SSSR count). The second kappa shape index (κ2) is 10.8. The van der Waals surface area contributed by atoms with Crippen molar-refractivity contribution >= 4 is 39.9 Å². The number of rotatable bonds is 8. The molecule has 1 amide bonds. The molecule has 0 radical (unpaired) electrons. The second-order valence-electron chi connectivity index (χ2n) is 7.93. The van der Waals surface area contributed by atoms with E-state index in [2.05, 4.69) is 25.9 Å². The summed E-state index contributed by atoms with van der Waals surface area (Å²) in [6.45, 7) is 3.39. The Labute approximate surface area is 207 Å². The molecule has 0 atom stereocenters. The van der Waals surface area contributed by atoms with Crippen LogP contribution in [0.25, 0.3) is 0 Å². The number of nitrogens with one attached hydrogen (secondary N) is 3. The summed E-state index contributed by atoms with van der Waals surface area (Å²) >= 11 is 0. The van der Waals surface area contributed by atoms with Crippen LogP contribution in [0.3, 0.4) is 0 Å². The van der Waals surface area contributed by atoms with Gasteiger partial charge in [-0.15, -0.1) is 0 Å². The van der Waals surface area contributed by atoms with Gasteiger partial charge in [0.25, 0.3) is 5.91 Å². The van der Waals surface area contributed by atoms with Crippen LogP contribution in [-0.4, -0.2) is 38.4 Å². The van der Waals surface area contributed by atoms with Crippen LogP contribution in [0, 0.1) is 13.8 Å². The molecule has 0 aliphatic carbocycles. The van der Waals surface area contributed by atoms with Crippen molar-refractivity contribution < 1.29 is 26.4 Å². The van der Waals surface area contributed by atoms with Crippen LogP contribution in [0.5, 0.6) is 0 Å². The van der Waals surface area contributed by atoms with Gasteiger partial charge < -0.3 is 16.0 Å². The van der Waals surface area contributed by atoms with Gasteiger partial charge in [-0.3, -0.25) is 9.10 Å². The minimum Gasteiger partial charge on any atom is -0.365 e. The number of aryl methyl sites for hydroxylation is 2. The highest BCUT2D eigenvalue weighted by Gasteiger charge is 2.35. The predicted molar refractivity (Wildman–Crippen MR) is 132 cm³/mol. The van der Waals surface area contributed by atoms with E-state index >= 15 is 0 Å². The summed E-state index contributed by atoms with van der Waals surface area (Å²) in [5.74, 6) is -0.838. The molecule has 13 heteroatoms. The molecule has 0 saturated heterocycles. The normalized spacial score (nSPS) is 11.3. The zero-order valence-electron chi connectivity index (χ0n) is 19.9. The van der Waals surface area contributed by atoms with Crippen LogP contribution < -0.4 is 20.3 Å². The molecule has 36 heavy (non-hydrogen) atoms. The average molecular weight is 523 g/mol. The van der Waals surface area contributed by atoms with Crippen molar-refractivity contribution in [2.24, 2.45) is 0 Å². The second-order valence-corrected chi connectivity index (χ2v) is 9.01. The fourth-order valence-corrected chi connectivity index (χ4v) is 3.75. The summed E-state index contributed by atoms with van der Waals surface area (Å²) < 4.78 is 65.0. The standard InChI is InChI=1S/C23H25F3N6O3S/c1-13-5-6-16(19(9-13)32(4)36(34)35)11-28-20-17(23(24,25)26)12-29-22(31-20)30-18-8-7-15(10-14(18)2)21(33)27-3/h5-10,12,36H,11H2,1-4H3,(H,27,33)(H2,28,29,30,31). The number of carbonyl (C=O) groups excluding carboxylic acids is 1.